The van der Waals surface area contributed by atoms with Crippen LogP contribution in [0.3, 0.4) is 0 Å². The van der Waals surface area contributed by atoms with Crippen molar-refractivity contribution >= 4 is 26.7 Å². The molecule has 72 valence electrons. The number of hydrogen-bond acceptors (Lipinski definition) is 0. The third-order valence-electron chi connectivity index (χ3n) is 2.20. The Labute approximate surface area is 90.9 Å². The minimum Gasteiger partial charge on any atom is -0.235 e. The van der Waals surface area contributed by atoms with Gasteiger partial charge in [-0.2, -0.15) is 0 Å². The molecule has 2 heteroatoms. The maximum atomic E-state index is 12.7. The lowest BCUT2D eigenvalue weighted by molar-refractivity contribution is 0.460. The quantitative estimate of drug-likeness (QED) is 0.707. The van der Waals surface area contributed by atoms with E-state index in [1.54, 1.807) is 0 Å². The molecule has 0 N–H and O–H groups in total. The van der Waals surface area contributed by atoms with Gasteiger partial charge in [-0.15, -0.1) is 0 Å². The highest BCUT2D eigenvalue weighted by molar-refractivity contribution is 9.09. The van der Waals surface area contributed by atoms with Crippen molar-refractivity contribution in [2.24, 2.45) is 0 Å². The van der Waals surface area contributed by atoms with Crippen LogP contribution in [0.25, 0.3) is 10.8 Å². The SMILES string of the molecule is F[C@@H](Br)Cc1ccc2ccccc2c1. The minimum atomic E-state index is -0.955. The molecular formula is C12H10BrF. The first-order valence-corrected chi connectivity index (χ1v) is 5.43. The zero-order valence-electron chi connectivity index (χ0n) is 7.58. The van der Waals surface area contributed by atoms with Crippen molar-refractivity contribution in [1.29, 1.82) is 0 Å². The summed E-state index contributed by atoms with van der Waals surface area (Å²) in [6, 6.07) is 14.1. The van der Waals surface area contributed by atoms with Crippen LogP contribution in [0.2, 0.25) is 0 Å². The summed E-state index contributed by atoms with van der Waals surface area (Å²) in [5.41, 5.74) is 1.02. The van der Waals surface area contributed by atoms with E-state index in [0.717, 1.165) is 10.9 Å². The molecule has 0 unspecified atom stereocenters. The summed E-state index contributed by atoms with van der Waals surface area (Å²) in [5.74, 6) is 0. The van der Waals surface area contributed by atoms with Crippen molar-refractivity contribution in [3.8, 4) is 0 Å². The van der Waals surface area contributed by atoms with Crippen molar-refractivity contribution in [2.75, 3.05) is 0 Å². The maximum Gasteiger partial charge on any atom is 0.158 e. The topological polar surface area (TPSA) is 0 Å². The van der Waals surface area contributed by atoms with Crippen LogP contribution in [0.1, 0.15) is 5.56 Å². The molecule has 0 aliphatic heterocycles. The van der Waals surface area contributed by atoms with Crippen LogP contribution in [0.5, 0.6) is 0 Å². The Hall–Kier alpha value is -0.890. The second-order valence-electron chi connectivity index (χ2n) is 3.28. The molecule has 0 radical (unpaired) electrons. The Kier molecular flexibility index (Phi) is 2.82. The average Bonchev–Trinajstić information content (AvgIpc) is 2.17. The largest absolute Gasteiger partial charge is 0.235 e. The van der Waals surface area contributed by atoms with Gasteiger partial charge in [-0.1, -0.05) is 58.4 Å². The molecule has 0 spiro atoms. The zero-order valence-corrected chi connectivity index (χ0v) is 9.17. The van der Waals surface area contributed by atoms with E-state index in [4.69, 9.17) is 0 Å². The molecule has 0 amide bonds. The van der Waals surface area contributed by atoms with E-state index in [0.29, 0.717) is 6.42 Å². The highest BCUT2D eigenvalue weighted by Crippen LogP contribution is 2.18. The first kappa shape index (κ1) is 9.66. The van der Waals surface area contributed by atoms with Gasteiger partial charge in [0, 0.05) is 6.42 Å². The van der Waals surface area contributed by atoms with Crippen molar-refractivity contribution in [2.45, 2.75) is 11.5 Å². The number of rotatable bonds is 2. The summed E-state index contributed by atoms with van der Waals surface area (Å²) in [6.45, 7) is 0. The zero-order chi connectivity index (χ0) is 9.97. The average molecular weight is 253 g/mol. The number of alkyl halides is 2. The van der Waals surface area contributed by atoms with Crippen molar-refractivity contribution in [1.82, 2.24) is 0 Å². The molecule has 0 nitrogen and oxygen atoms in total. The summed E-state index contributed by atoms with van der Waals surface area (Å²) in [6.07, 6.45) is 0.421. The molecule has 0 aliphatic rings. The van der Waals surface area contributed by atoms with E-state index in [-0.39, 0.29) is 0 Å². The van der Waals surface area contributed by atoms with Crippen LogP contribution in [-0.2, 0) is 6.42 Å². The Bertz CT molecular complexity index is 437. The number of halogens is 2. The van der Waals surface area contributed by atoms with E-state index in [1.165, 1.54) is 5.39 Å². The highest BCUT2D eigenvalue weighted by Gasteiger charge is 2.02. The Morgan fingerprint density at radius 1 is 1.07 bits per heavy atom. The fraction of sp³-hybridized carbons (Fsp3) is 0.167. The third kappa shape index (κ3) is 2.13. The standard InChI is InChI=1S/C12H10BrF/c13-12(14)8-9-5-6-10-3-1-2-4-11(10)7-9/h1-7,12H,8H2/t12-/m1/s1. The van der Waals surface area contributed by atoms with E-state index in [9.17, 15) is 4.39 Å². The van der Waals surface area contributed by atoms with Gasteiger partial charge < -0.3 is 0 Å². The van der Waals surface area contributed by atoms with Crippen LogP contribution >= 0.6 is 15.9 Å². The highest BCUT2D eigenvalue weighted by atomic mass is 79.9. The van der Waals surface area contributed by atoms with Gasteiger partial charge in [0.2, 0.25) is 0 Å². The first-order valence-electron chi connectivity index (χ1n) is 4.51. The molecule has 0 aliphatic carbocycles. The fourth-order valence-electron chi connectivity index (χ4n) is 1.54. The molecule has 2 aromatic carbocycles. The van der Waals surface area contributed by atoms with Gasteiger partial charge >= 0.3 is 0 Å². The fourth-order valence-corrected chi connectivity index (χ4v) is 1.92. The molecule has 14 heavy (non-hydrogen) atoms. The van der Waals surface area contributed by atoms with Gasteiger partial charge in [0.15, 0.2) is 5.08 Å². The maximum absolute atomic E-state index is 12.7. The lowest BCUT2D eigenvalue weighted by Crippen LogP contribution is -1.94. The van der Waals surface area contributed by atoms with Gasteiger partial charge in [-0.25, -0.2) is 4.39 Å². The van der Waals surface area contributed by atoms with E-state index >= 15 is 0 Å². The second-order valence-corrected chi connectivity index (χ2v) is 4.27. The Morgan fingerprint density at radius 2 is 1.79 bits per heavy atom. The number of hydrogen-bond donors (Lipinski definition) is 0. The predicted octanol–water partition coefficient (Wildman–Crippen LogP) is 4.07. The molecule has 1 atom stereocenters. The molecule has 0 heterocycles. The molecule has 2 rings (SSSR count). The van der Waals surface area contributed by atoms with E-state index < -0.39 is 5.08 Å². The number of benzene rings is 2. The summed E-state index contributed by atoms with van der Waals surface area (Å²) < 4.78 is 12.7. The number of fused-ring (bicyclic) bond motifs is 1. The lowest BCUT2D eigenvalue weighted by atomic mass is 10.1. The smallest absolute Gasteiger partial charge is 0.158 e. The molecule has 0 saturated heterocycles. The lowest BCUT2D eigenvalue weighted by Gasteiger charge is -2.03. The Balaban J connectivity index is 2.41. The molecule has 0 saturated carbocycles. The summed E-state index contributed by atoms with van der Waals surface area (Å²) >= 11 is 2.91. The summed E-state index contributed by atoms with van der Waals surface area (Å²) in [7, 11) is 0. The first-order chi connectivity index (χ1) is 6.75. The monoisotopic (exact) mass is 252 g/mol. The minimum absolute atomic E-state index is 0.421. The normalized spacial score (nSPS) is 13.0. The molecular weight excluding hydrogens is 243 g/mol. The van der Waals surface area contributed by atoms with E-state index in [1.807, 2.05) is 36.4 Å². The summed E-state index contributed by atoms with van der Waals surface area (Å²) in [5, 5.41) is 1.41. The third-order valence-corrected chi connectivity index (χ3v) is 2.53. The second kappa shape index (κ2) is 4.09. The molecule has 0 aromatic heterocycles. The van der Waals surface area contributed by atoms with Crippen molar-refractivity contribution in [3.05, 3.63) is 48.0 Å². The van der Waals surface area contributed by atoms with Crippen molar-refractivity contribution < 1.29 is 4.39 Å². The van der Waals surface area contributed by atoms with Gasteiger partial charge in [0.05, 0.1) is 0 Å². The summed E-state index contributed by atoms with van der Waals surface area (Å²) in [4.78, 5) is 0. The van der Waals surface area contributed by atoms with Crippen LogP contribution in [0.15, 0.2) is 42.5 Å². The van der Waals surface area contributed by atoms with Crippen LogP contribution < -0.4 is 0 Å². The van der Waals surface area contributed by atoms with Crippen LogP contribution in [-0.4, -0.2) is 5.08 Å². The van der Waals surface area contributed by atoms with Crippen molar-refractivity contribution in [3.63, 3.8) is 0 Å². The van der Waals surface area contributed by atoms with Gasteiger partial charge in [0.25, 0.3) is 0 Å². The predicted molar refractivity (Wildman–Crippen MR) is 61.5 cm³/mol. The molecule has 0 fully saturated rings. The van der Waals surface area contributed by atoms with Crippen LogP contribution in [0, 0.1) is 0 Å². The van der Waals surface area contributed by atoms with Crippen LogP contribution in [0.4, 0.5) is 4.39 Å². The van der Waals surface area contributed by atoms with Gasteiger partial charge in [-0.05, 0) is 16.3 Å². The van der Waals surface area contributed by atoms with Gasteiger partial charge in [0.1, 0.15) is 0 Å². The van der Waals surface area contributed by atoms with Gasteiger partial charge in [-0.3, -0.25) is 0 Å². The Morgan fingerprint density at radius 3 is 2.50 bits per heavy atom. The molecule has 2 aromatic rings. The molecule has 0 bridgehead atoms. The van der Waals surface area contributed by atoms with E-state index in [2.05, 4.69) is 22.0 Å².